The number of benzene rings is 1. The molecule has 3 rings (SSSR count). The quantitative estimate of drug-likeness (QED) is 0.468. The number of anilines is 3. The molecule has 0 aliphatic rings. The van der Waals surface area contributed by atoms with E-state index in [0.717, 1.165) is 10.9 Å². The summed E-state index contributed by atoms with van der Waals surface area (Å²) in [7, 11) is 1.76. The number of hydrogen-bond donors (Lipinski definition) is 3. The third-order valence-corrected chi connectivity index (χ3v) is 3.59. The Hall–Kier alpha value is -3.20. The molecule has 0 aliphatic heterocycles. The average Bonchev–Trinajstić information content (AvgIpc) is 3.02. The second kappa shape index (κ2) is 6.50. The van der Waals surface area contributed by atoms with E-state index in [2.05, 4.69) is 20.5 Å². The van der Waals surface area contributed by atoms with Crippen LogP contribution in [-0.2, 0) is 0 Å². The van der Waals surface area contributed by atoms with Gasteiger partial charge in [0.05, 0.1) is 23.2 Å². The van der Waals surface area contributed by atoms with Crippen LogP contribution in [0.25, 0.3) is 10.9 Å². The highest BCUT2D eigenvalue weighted by atomic mass is 16.6. The number of fused-ring (bicyclic) bond motifs is 1. The Labute approximate surface area is 137 Å². The van der Waals surface area contributed by atoms with Crippen molar-refractivity contribution in [3.63, 3.8) is 0 Å². The molecule has 0 spiro atoms. The molecular formula is C15H16N6O3. The van der Waals surface area contributed by atoms with E-state index >= 15 is 0 Å². The summed E-state index contributed by atoms with van der Waals surface area (Å²) in [5.74, 6) is 0.673. The van der Waals surface area contributed by atoms with Gasteiger partial charge in [-0.05, 0) is 24.3 Å². The second-order valence-electron chi connectivity index (χ2n) is 5.24. The van der Waals surface area contributed by atoms with Crippen LogP contribution in [0.3, 0.4) is 0 Å². The van der Waals surface area contributed by atoms with E-state index in [1.165, 1.54) is 6.07 Å². The van der Waals surface area contributed by atoms with Crippen molar-refractivity contribution in [3.8, 4) is 0 Å². The molecule has 0 bridgehead atoms. The third-order valence-electron chi connectivity index (χ3n) is 3.59. The lowest BCUT2D eigenvalue weighted by molar-refractivity contribution is -0.384. The number of hydrogen-bond acceptors (Lipinski definition) is 7. The van der Waals surface area contributed by atoms with Crippen LogP contribution < -0.4 is 10.2 Å². The van der Waals surface area contributed by atoms with Gasteiger partial charge in [0.15, 0.2) is 0 Å². The maximum absolute atomic E-state index is 11.2. The van der Waals surface area contributed by atoms with Crippen LogP contribution in [0.1, 0.15) is 0 Å². The lowest BCUT2D eigenvalue weighted by atomic mass is 10.2. The molecule has 0 fully saturated rings. The maximum Gasteiger partial charge on any atom is 0.311 e. The van der Waals surface area contributed by atoms with Gasteiger partial charge in [0.25, 0.3) is 0 Å². The van der Waals surface area contributed by atoms with Gasteiger partial charge in [-0.25, -0.2) is 4.98 Å². The van der Waals surface area contributed by atoms with Crippen molar-refractivity contribution in [2.45, 2.75) is 0 Å². The number of H-pyrrole nitrogens is 1. The summed E-state index contributed by atoms with van der Waals surface area (Å²) in [6.45, 7) is 0.348. The summed E-state index contributed by atoms with van der Waals surface area (Å²) >= 11 is 0. The fraction of sp³-hybridized carbons (Fsp3) is 0.200. The Kier molecular flexibility index (Phi) is 4.25. The summed E-state index contributed by atoms with van der Waals surface area (Å²) in [5, 5.41) is 30.9. The van der Waals surface area contributed by atoms with Crippen LogP contribution in [-0.4, -0.2) is 45.4 Å². The van der Waals surface area contributed by atoms with E-state index in [1.807, 2.05) is 12.1 Å². The molecule has 0 radical (unpaired) electrons. The first kappa shape index (κ1) is 15.7. The standard InChI is InChI=1S/C15H16N6O3/c1-20(6-7-22)14-5-4-13(21(23)24)15(18-14)17-11-2-3-12-10(8-11)9-16-19-12/h2-5,8-9,22H,6-7H2,1H3,(H,16,19)(H,17,18). The average molecular weight is 328 g/mol. The number of aromatic amines is 1. The first-order valence-electron chi connectivity index (χ1n) is 7.26. The van der Waals surface area contributed by atoms with E-state index in [4.69, 9.17) is 5.11 Å². The molecular weight excluding hydrogens is 312 g/mol. The fourth-order valence-corrected chi connectivity index (χ4v) is 2.32. The van der Waals surface area contributed by atoms with Crippen molar-refractivity contribution in [2.24, 2.45) is 0 Å². The molecule has 24 heavy (non-hydrogen) atoms. The Morgan fingerprint density at radius 2 is 2.21 bits per heavy atom. The zero-order chi connectivity index (χ0) is 17.1. The number of nitrogens with one attached hydrogen (secondary N) is 2. The van der Waals surface area contributed by atoms with Crippen molar-refractivity contribution in [1.29, 1.82) is 0 Å². The van der Waals surface area contributed by atoms with Crippen LogP contribution in [0.15, 0.2) is 36.5 Å². The van der Waals surface area contributed by atoms with Gasteiger partial charge in [-0.15, -0.1) is 0 Å². The van der Waals surface area contributed by atoms with E-state index in [9.17, 15) is 10.1 Å². The number of aliphatic hydroxyl groups excluding tert-OH is 1. The van der Waals surface area contributed by atoms with Gasteiger partial charge in [0.1, 0.15) is 5.82 Å². The molecule has 0 saturated carbocycles. The minimum atomic E-state index is -0.485. The number of rotatable bonds is 6. The van der Waals surface area contributed by atoms with Gasteiger partial charge >= 0.3 is 5.69 Å². The molecule has 3 aromatic rings. The summed E-state index contributed by atoms with van der Waals surface area (Å²) in [5.41, 5.74) is 1.42. The molecule has 0 amide bonds. The molecule has 0 atom stereocenters. The number of nitrogens with zero attached hydrogens (tertiary/aromatic N) is 4. The number of likely N-dealkylation sites (N-methyl/N-ethyl adjacent to an activating group) is 1. The molecule has 0 saturated heterocycles. The maximum atomic E-state index is 11.2. The van der Waals surface area contributed by atoms with Crippen LogP contribution >= 0.6 is 0 Å². The van der Waals surface area contributed by atoms with Crippen molar-refractivity contribution in [3.05, 3.63) is 46.6 Å². The molecule has 3 N–H and O–H groups in total. The van der Waals surface area contributed by atoms with E-state index in [1.54, 1.807) is 30.3 Å². The van der Waals surface area contributed by atoms with Crippen molar-refractivity contribution in [2.75, 3.05) is 30.4 Å². The van der Waals surface area contributed by atoms with Gasteiger partial charge in [-0.3, -0.25) is 15.2 Å². The first-order valence-corrected chi connectivity index (χ1v) is 7.26. The van der Waals surface area contributed by atoms with Crippen molar-refractivity contribution < 1.29 is 10.0 Å². The van der Waals surface area contributed by atoms with Crippen molar-refractivity contribution in [1.82, 2.24) is 15.2 Å². The summed E-state index contributed by atoms with van der Waals surface area (Å²) in [4.78, 5) is 16.8. The molecule has 2 aromatic heterocycles. The molecule has 124 valence electrons. The molecule has 1 aromatic carbocycles. The normalized spacial score (nSPS) is 10.8. The highest BCUT2D eigenvalue weighted by Gasteiger charge is 2.17. The summed E-state index contributed by atoms with van der Waals surface area (Å²) < 4.78 is 0. The number of pyridine rings is 1. The largest absolute Gasteiger partial charge is 0.395 e. The Morgan fingerprint density at radius 1 is 1.38 bits per heavy atom. The zero-order valence-electron chi connectivity index (χ0n) is 12.9. The molecule has 2 heterocycles. The van der Waals surface area contributed by atoms with Crippen LogP contribution in [0.2, 0.25) is 0 Å². The van der Waals surface area contributed by atoms with Gasteiger partial charge in [-0.1, -0.05) is 0 Å². The lowest BCUT2D eigenvalue weighted by Gasteiger charge is -2.17. The fourth-order valence-electron chi connectivity index (χ4n) is 2.32. The minimum absolute atomic E-state index is 0.0327. The molecule has 9 heteroatoms. The van der Waals surface area contributed by atoms with Gasteiger partial charge in [-0.2, -0.15) is 5.10 Å². The van der Waals surface area contributed by atoms with Crippen LogP contribution in [0, 0.1) is 10.1 Å². The summed E-state index contributed by atoms with van der Waals surface area (Å²) in [6.07, 6.45) is 1.67. The van der Waals surface area contributed by atoms with Gasteiger partial charge < -0.3 is 15.3 Å². The van der Waals surface area contributed by atoms with E-state index in [-0.39, 0.29) is 18.1 Å². The van der Waals surface area contributed by atoms with Crippen molar-refractivity contribution >= 4 is 33.9 Å². The smallest absolute Gasteiger partial charge is 0.311 e. The number of aliphatic hydroxyl groups is 1. The Balaban J connectivity index is 1.96. The van der Waals surface area contributed by atoms with Gasteiger partial charge in [0, 0.05) is 30.7 Å². The van der Waals surface area contributed by atoms with E-state index in [0.29, 0.717) is 18.1 Å². The topological polar surface area (TPSA) is 120 Å². The number of nitro groups is 1. The Bertz CT molecular complexity index is 879. The third kappa shape index (κ3) is 3.10. The Morgan fingerprint density at radius 3 is 2.96 bits per heavy atom. The molecule has 0 unspecified atom stereocenters. The first-order chi connectivity index (χ1) is 11.6. The van der Waals surface area contributed by atoms with Crippen LogP contribution in [0.5, 0.6) is 0 Å². The highest BCUT2D eigenvalue weighted by Crippen LogP contribution is 2.29. The zero-order valence-corrected chi connectivity index (χ0v) is 12.9. The second-order valence-corrected chi connectivity index (χ2v) is 5.24. The predicted molar refractivity (Wildman–Crippen MR) is 90.6 cm³/mol. The van der Waals surface area contributed by atoms with Gasteiger partial charge in [0.2, 0.25) is 5.82 Å². The van der Waals surface area contributed by atoms with E-state index < -0.39 is 4.92 Å². The summed E-state index contributed by atoms with van der Waals surface area (Å²) in [6, 6.07) is 8.40. The monoisotopic (exact) mass is 328 g/mol. The molecule has 0 aliphatic carbocycles. The minimum Gasteiger partial charge on any atom is -0.395 e. The highest BCUT2D eigenvalue weighted by molar-refractivity contribution is 5.83. The number of aromatic nitrogens is 3. The predicted octanol–water partition coefficient (Wildman–Crippen LogP) is 2.04. The molecule has 9 nitrogen and oxygen atoms in total. The SMILES string of the molecule is CN(CCO)c1ccc([N+](=O)[O-])c(Nc2ccc3[nH]ncc3c2)n1. The van der Waals surface area contributed by atoms with Crippen LogP contribution in [0.4, 0.5) is 23.0 Å². The lowest BCUT2D eigenvalue weighted by Crippen LogP contribution is -2.22.